The van der Waals surface area contributed by atoms with Crippen LogP contribution in [0.15, 0.2) is 30.5 Å². The van der Waals surface area contributed by atoms with E-state index in [-0.39, 0.29) is 0 Å². The molecule has 2 aromatic heterocycles. The summed E-state index contributed by atoms with van der Waals surface area (Å²) in [4.78, 5) is 8.81. The van der Waals surface area contributed by atoms with Crippen LogP contribution in [0.3, 0.4) is 0 Å². The summed E-state index contributed by atoms with van der Waals surface area (Å²) in [5, 5.41) is 5.35. The third-order valence-corrected chi connectivity index (χ3v) is 2.75. The summed E-state index contributed by atoms with van der Waals surface area (Å²) < 4.78 is 1.71. The van der Waals surface area contributed by atoms with Gasteiger partial charge in [0.25, 0.3) is 5.95 Å². The van der Waals surface area contributed by atoms with Crippen LogP contribution in [0.2, 0.25) is 0 Å². The van der Waals surface area contributed by atoms with Gasteiger partial charge in [0.2, 0.25) is 0 Å². The van der Waals surface area contributed by atoms with Crippen LogP contribution in [0.25, 0.3) is 16.9 Å². The van der Waals surface area contributed by atoms with Gasteiger partial charge in [-0.05, 0) is 38.1 Å². The van der Waals surface area contributed by atoms with Crippen LogP contribution in [0.4, 0.5) is 5.69 Å². The molecule has 0 aliphatic heterocycles. The van der Waals surface area contributed by atoms with Gasteiger partial charge in [0.05, 0.1) is 11.7 Å². The minimum atomic E-state index is 0.577. The first kappa shape index (κ1) is 10.7. The van der Waals surface area contributed by atoms with Gasteiger partial charge in [-0.25, -0.2) is 9.97 Å². The van der Waals surface area contributed by atoms with Crippen LogP contribution in [0.5, 0.6) is 0 Å². The molecule has 3 aromatic rings. The maximum atomic E-state index is 5.81. The molecule has 5 nitrogen and oxygen atoms in total. The zero-order chi connectivity index (χ0) is 12.7. The fourth-order valence-corrected chi connectivity index (χ4v) is 2.00. The summed E-state index contributed by atoms with van der Waals surface area (Å²) >= 11 is 0. The molecule has 0 aliphatic rings. The summed E-state index contributed by atoms with van der Waals surface area (Å²) in [6.07, 6.45) is 1.79. The highest BCUT2D eigenvalue weighted by atomic mass is 15.3. The van der Waals surface area contributed by atoms with E-state index in [1.54, 1.807) is 10.9 Å². The van der Waals surface area contributed by atoms with Crippen molar-refractivity contribution in [2.45, 2.75) is 13.8 Å². The molecule has 0 aliphatic carbocycles. The van der Waals surface area contributed by atoms with Crippen molar-refractivity contribution in [2.75, 3.05) is 5.73 Å². The molecule has 1 aromatic carbocycles. The number of nitrogens with two attached hydrogens (primary N) is 1. The number of fused-ring (bicyclic) bond motifs is 1. The highest BCUT2D eigenvalue weighted by Crippen LogP contribution is 2.19. The predicted molar refractivity (Wildman–Crippen MR) is 70.5 cm³/mol. The van der Waals surface area contributed by atoms with Gasteiger partial charge in [-0.3, -0.25) is 0 Å². The normalized spacial score (nSPS) is 11.0. The highest BCUT2D eigenvalue weighted by Gasteiger charge is 2.08. The lowest BCUT2D eigenvalue weighted by molar-refractivity contribution is 0.816. The van der Waals surface area contributed by atoms with E-state index in [4.69, 9.17) is 5.73 Å². The van der Waals surface area contributed by atoms with Gasteiger partial charge in [-0.15, -0.1) is 0 Å². The molecule has 2 heterocycles. The van der Waals surface area contributed by atoms with Gasteiger partial charge >= 0.3 is 0 Å². The topological polar surface area (TPSA) is 69.6 Å². The molecular formula is C13H13N5. The fraction of sp³-hybridized carbons (Fsp3) is 0.154. The second-order valence-electron chi connectivity index (χ2n) is 4.33. The standard InChI is InChI=1S/C13H13N5/c1-8-5-9(2)17-13(16-8)18-12-6-11(14)4-3-10(12)7-15-18/h3-7H,14H2,1-2H3. The molecule has 3 rings (SSSR count). The Bertz CT molecular complexity index is 709. The Morgan fingerprint density at radius 1 is 1.06 bits per heavy atom. The first-order chi connectivity index (χ1) is 8.63. The Labute approximate surface area is 104 Å². The van der Waals surface area contributed by atoms with E-state index >= 15 is 0 Å². The van der Waals surface area contributed by atoms with Gasteiger partial charge in [0.1, 0.15) is 0 Å². The van der Waals surface area contributed by atoms with Gasteiger partial charge in [0, 0.05) is 22.5 Å². The monoisotopic (exact) mass is 239 g/mol. The van der Waals surface area contributed by atoms with Gasteiger partial charge in [-0.2, -0.15) is 9.78 Å². The molecule has 0 unspecified atom stereocenters. The molecule has 5 heteroatoms. The second kappa shape index (κ2) is 3.80. The number of aryl methyl sites for hydroxylation is 2. The first-order valence-electron chi connectivity index (χ1n) is 5.69. The summed E-state index contributed by atoms with van der Waals surface area (Å²) in [6.45, 7) is 3.89. The average molecular weight is 239 g/mol. The molecule has 90 valence electrons. The molecule has 0 atom stereocenters. The summed E-state index contributed by atoms with van der Waals surface area (Å²) in [5.74, 6) is 0.577. The predicted octanol–water partition coefficient (Wildman–Crippen LogP) is 2.01. The van der Waals surface area contributed by atoms with Gasteiger partial charge in [-0.1, -0.05) is 0 Å². The summed E-state index contributed by atoms with van der Waals surface area (Å²) in [5.41, 5.74) is 9.27. The number of benzene rings is 1. The van der Waals surface area contributed by atoms with E-state index in [1.165, 1.54) is 0 Å². The Morgan fingerprint density at radius 2 is 1.78 bits per heavy atom. The van der Waals surface area contributed by atoms with Crippen LogP contribution < -0.4 is 5.73 Å². The molecule has 0 radical (unpaired) electrons. The fourth-order valence-electron chi connectivity index (χ4n) is 2.00. The van der Waals surface area contributed by atoms with Gasteiger partial charge < -0.3 is 5.73 Å². The van der Waals surface area contributed by atoms with Gasteiger partial charge in [0.15, 0.2) is 0 Å². The van der Waals surface area contributed by atoms with E-state index < -0.39 is 0 Å². The highest BCUT2D eigenvalue weighted by molar-refractivity contribution is 5.82. The largest absolute Gasteiger partial charge is 0.399 e. The third kappa shape index (κ3) is 1.69. The third-order valence-electron chi connectivity index (χ3n) is 2.75. The number of nitrogen functional groups attached to an aromatic ring is 1. The summed E-state index contributed by atoms with van der Waals surface area (Å²) in [6, 6.07) is 7.61. The van der Waals surface area contributed by atoms with E-state index in [1.807, 2.05) is 38.1 Å². The van der Waals surface area contributed by atoms with E-state index in [0.717, 1.165) is 22.3 Å². The van der Waals surface area contributed by atoms with Crippen molar-refractivity contribution in [3.05, 3.63) is 41.9 Å². The van der Waals surface area contributed by atoms with Crippen molar-refractivity contribution in [3.63, 3.8) is 0 Å². The van der Waals surface area contributed by atoms with Crippen LogP contribution in [-0.2, 0) is 0 Å². The van der Waals surface area contributed by atoms with Crippen molar-refractivity contribution in [1.29, 1.82) is 0 Å². The van der Waals surface area contributed by atoms with E-state index in [9.17, 15) is 0 Å². The Hall–Kier alpha value is -2.43. The van der Waals surface area contributed by atoms with Crippen molar-refractivity contribution < 1.29 is 0 Å². The lowest BCUT2D eigenvalue weighted by atomic mass is 10.2. The zero-order valence-corrected chi connectivity index (χ0v) is 10.3. The Kier molecular flexibility index (Phi) is 2.26. The lowest BCUT2D eigenvalue weighted by Crippen LogP contribution is -2.05. The molecular weight excluding hydrogens is 226 g/mol. The van der Waals surface area contributed by atoms with Crippen molar-refractivity contribution in [1.82, 2.24) is 19.7 Å². The number of hydrogen-bond donors (Lipinski definition) is 1. The second-order valence-corrected chi connectivity index (χ2v) is 4.33. The number of nitrogens with zero attached hydrogens (tertiary/aromatic N) is 4. The molecule has 0 spiro atoms. The Balaban J connectivity index is 2.27. The minimum absolute atomic E-state index is 0.577. The van der Waals surface area contributed by atoms with Crippen LogP contribution in [0, 0.1) is 13.8 Å². The molecule has 0 saturated heterocycles. The number of hydrogen-bond acceptors (Lipinski definition) is 4. The molecule has 0 bridgehead atoms. The summed E-state index contributed by atoms with van der Waals surface area (Å²) in [7, 11) is 0. The molecule has 0 saturated carbocycles. The zero-order valence-electron chi connectivity index (χ0n) is 10.3. The van der Waals surface area contributed by atoms with E-state index in [2.05, 4.69) is 15.1 Å². The maximum absolute atomic E-state index is 5.81. The number of anilines is 1. The smallest absolute Gasteiger partial charge is 0.251 e. The van der Waals surface area contributed by atoms with Crippen LogP contribution in [-0.4, -0.2) is 19.7 Å². The van der Waals surface area contributed by atoms with Crippen molar-refractivity contribution >= 4 is 16.6 Å². The van der Waals surface area contributed by atoms with Crippen LogP contribution >= 0.6 is 0 Å². The lowest BCUT2D eigenvalue weighted by Gasteiger charge is -2.04. The molecule has 0 fully saturated rings. The molecule has 18 heavy (non-hydrogen) atoms. The minimum Gasteiger partial charge on any atom is -0.399 e. The number of rotatable bonds is 1. The molecule has 2 N–H and O–H groups in total. The SMILES string of the molecule is Cc1cc(C)nc(-n2ncc3ccc(N)cc32)n1. The van der Waals surface area contributed by atoms with Crippen molar-refractivity contribution in [3.8, 4) is 5.95 Å². The first-order valence-corrected chi connectivity index (χ1v) is 5.69. The van der Waals surface area contributed by atoms with Crippen LogP contribution in [0.1, 0.15) is 11.4 Å². The average Bonchev–Trinajstić information content (AvgIpc) is 2.70. The molecule has 0 amide bonds. The Morgan fingerprint density at radius 3 is 2.50 bits per heavy atom. The maximum Gasteiger partial charge on any atom is 0.251 e. The van der Waals surface area contributed by atoms with Crippen molar-refractivity contribution in [2.24, 2.45) is 0 Å². The quantitative estimate of drug-likeness (QED) is 0.659. The number of aromatic nitrogens is 4. The van der Waals surface area contributed by atoms with E-state index in [0.29, 0.717) is 11.6 Å².